The van der Waals surface area contributed by atoms with Gasteiger partial charge in [0.25, 0.3) is 5.91 Å². The predicted octanol–water partition coefficient (Wildman–Crippen LogP) is 3.12. The molecule has 2 rings (SSSR count). The first-order valence-electron chi connectivity index (χ1n) is 6.44. The van der Waals surface area contributed by atoms with E-state index in [4.69, 9.17) is 0 Å². The van der Waals surface area contributed by atoms with Gasteiger partial charge in [0, 0.05) is 18.7 Å². The first-order chi connectivity index (χ1) is 9.29. The predicted molar refractivity (Wildman–Crippen MR) is 67.5 cm³/mol. The summed E-state index contributed by atoms with van der Waals surface area (Å²) in [4.78, 5) is 13.5. The van der Waals surface area contributed by atoms with Crippen molar-refractivity contribution in [1.82, 2.24) is 4.90 Å². The Kier molecular flexibility index (Phi) is 3.92. The van der Waals surface area contributed by atoms with E-state index >= 15 is 0 Å². The maximum atomic E-state index is 12.7. The van der Waals surface area contributed by atoms with Gasteiger partial charge in [-0.15, -0.1) is 0 Å². The summed E-state index contributed by atoms with van der Waals surface area (Å²) in [7, 11) is 0. The van der Waals surface area contributed by atoms with E-state index < -0.39 is 18.0 Å². The lowest BCUT2D eigenvalue weighted by atomic mass is 9.96. The Hall–Kier alpha value is -1.72. The van der Waals surface area contributed by atoms with Crippen LogP contribution in [0.2, 0.25) is 0 Å². The topological polar surface area (TPSA) is 40.5 Å². The number of halogens is 3. The Labute approximate surface area is 115 Å². The number of benzene rings is 1. The van der Waals surface area contributed by atoms with Gasteiger partial charge >= 0.3 is 6.18 Å². The van der Waals surface area contributed by atoms with Crippen LogP contribution >= 0.6 is 0 Å². The van der Waals surface area contributed by atoms with Gasteiger partial charge in [0.1, 0.15) is 5.75 Å². The van der Waals surface area contributed by atoms with E-state index in [1.54, 1.807) is 6.92 Å². The van der Waals surface area contributed by atoms with Crippen molar-refractivity contribution in [2.75, 3.05) is 13.1 Å². The van der Waals surface area contributed by atoms with E-state index in [-0.39, 0.29) is 18.7 Å². The van der Waals surface area contributed by atoms with Crippen molar-refractivity contribution in [3.63, 3.8) is 0 Å². The van der Waals surface area contributed by atoms with Gasteiger partial charge < -0.3 is 10.0 Å². The fraction of sp³-hybridized carbons (Fsp3) is 0.500. The molecule has 1 amide bonds. The van der Waals surface area contributed by atoms with Crippen LogP contribution in [0.5, 0.6) is 5.75 Å². The van der Waals surface area contributed by atoms with Crippen LogP contribution in [-0.2, 0) is 0 Å². The summed E-state index contributed by atoms with van der Waals surface area (Å²) in [6.45, 7) is 1.70. The van der Waals surface area contributed by atoms with Crippen LogP contribution in [-0.4, -0.2) is 35.2 Å². The Morgan fingerprint density at radius 1 is 1.40 bits per heavy atom. The molecular formula is C14H16F3NO2. The molecule has 0 spiro atoms. The zero-order valence-electron chi connectivity index (χ0n) is 11.1. The highest BCUT2D eigenvalue weighted by molar-refractivity contribution is 5.95. The van der Waals surface area contributed by atoms with Gasteiger partial charge in [-0.05, 0) is 43.5 Å². The molecule has 1 fully saturated rings. The SMILES string of the molecule is Cc1cc(O)ccc1C(=O)N1CCCC(C(F)(F)F)C1. The highest BCUT2D eigenvalue weighted by Crippen LogP contribution is 2.33. The third-order valence-corrected chi connectivity index (χ3v) is 3.61. The van der Waals surface area contributed by atoms with Gasteiger partial charge in [-0.25, -0.2) is 0 Å². The molecule has 6 heteroatoms. The van der Waals surface area contributed by atoms with Crippen LogP contribution in [0.4, 0.5) is 13.2 Å². The van der Waals surface area contributed by atoms with Crippen molar-refractivity contribution < 1.29 is 23.1 Å². The van der Waals surface area contributed by atoms with E-state index in [0.717, 1.165) is 0 Å². The number of carbonyl (C=O) groups excluding carboxylic acids is 1. The molecule has 0 bridgehead atoms. The van der Waals surface area contributed by atoms with Crippen LogP contribution in [0.15, 0.2) is 18.2 Å². The number of rotatable bonds is 1. The number of carbonyl (C=O) groups is 1. The molecule has 1 aromatic rings. The van der Waals surface area contributed by atoms with Crippen molar-refractivity contribution in [3.05, 3.63) is 29.3 Å². The maximum Gasteiger partial charge on any atom is 0.393 e. The first-order valence-corrected chi connectivity index (χ1v) is 6.44. The van der Waals surface area contributed by atoms with E-state index in [0.29, 0.717) is 24.1 Å². The zero-order chi connectivity index (χ0) is 14.9. The van der Waals surface area contributed by atoms with Crippen LogP contribution in [0.1, 0.15) is 28.8 Å². The molecule has 1 atom stereocenters. The van der Waals surface area contributed by atoms with Crippen molar-refractivity contribution in [2.24, 2.45) is 5.92 Å². The number of aromatic hydroxyl groups is 1. The fourth-order valence-corrected chi connectivity index (χ4v) is 2.49. The number of hydrogen-bond donors (Lipinski definition) is 1. The van der Waals surface area contributed by atoms with Crippen molar-refractivity contribution in [3.8, 4) is 5.75 Å². The molecule has 0 radical (unpaired) electrons. The molecular weight excluding hydrogens is 271 g/mol. The second kappa shape index (κ2) is 5.34. The minimum Gasteiger partial charge on any atom is -0.508 e. The molecule has 3 nitrogen and oxygen atoms in total. The van der Waals surface area contributed by atoms with Gasteiger partial charge in [0.15, 0.2) is 0 Å². The molecule has 1 aromatic carbocycles. The Balaban J connectivity index is 2.16. The summed E-state index contributed by atoms with van der Waals surface area (Å²) in [5, 5.41) is 9.30. The molecule has 1 heterocycles. The smallest absolute Gasteiger partial charge is 0.393 e. The lowest BCUT2D eigenvalue weighted by Gasteiger charge is -2.34. The highest BCUT2D eigenvalue weighted by atomic mass is 19.4. The minimum atomic E-state index is -4.26. The summed E-state index contributed by atoms with van der Waals surface area (Å²) in [6.07, 6.45) is -3.84. The Morgan fingerprint density at radius 2 is 2.10 bits per heavy atom. The number of amides is 1. The molecule has 1 aliphatic rings. The number of likely N-dealkylation sites (tertiary alicyclic amines) is 1. The third-order valence-electron chi connectivity index (χ3n) is 3.61. The van der Waals surface area contributed by atoms with Crippen LogP contribution in [0.25, 0.3) is 0 Å². The van der Waals surface area contributed by atoms with Gasteiger partial charge in [0.2, 0.25) is 0 Å². The lowest BCUT2D eigenvalue weighted by Crippen LogP contribution is -2.44. The normalized spacial score (nSPS) is 20.0. The van der Waals surface area contributed by atoms with Gasteiger partial charge in [-0.1, -0.05) is 0 Å². The quantitative estimate of drug-likeness (QED) is 0.862. The van der Waals surface area contributed by atoms with Crippen LogP contribution < -0.4 is 0 Å². The number of nitrogens with zero attached hydrogens (tertiary/aromatic N) is 1. The first kappa shape index (κ1) is 14.7. The molecule has 1 aliphatic heterocycles. The monoisotopic (exact) mass is 287 g/mol. The number of hydrogen-bond acceptors (Lipinski definition) is 2. The third kappa shape index (κ3) is 3.05. The molecule has 1 unspecified atom stereocenters. The average molecular weight is 287 g/mol. The van der Waals surface area contributed by atoms with E-state index in [9.17, 15) is 23.1 Å². The van der Waals surface area contributed by atoms with Crippen molar-refractivity contribution in [2.45, 2.75) is 25.9 Å². The second-order valence-corrected chi connectivity index (χ2v) is 5.13. The van der Waals surface area contributed by atoms with E-state index in [1.165, 1.54) is 23.1 Å². The molecule has 0 aliphatic carbocycles. The number of piperidine rings is 1. The molecule has 0 saturated carbocycles. The Bertz CT molecular complexity index is 514. The van der Waals surface area contributed by atoms with Gasteiger partial charge in [-0.2, -0.15) is 13.2 Å². The fourth-order valence-electron chi connectivity index (χ4n) is 2.49. The number of phenols is 1. The molecule has 1 saturated heterocycles. The minimum absolute atomic E-state index is 0.0332. The van der Waals surface area contributed by atoms with Crippen molar-refractivity contribution >= 4 is 5.91 Å². The second-order valence-electron chi connectivity index (χ2n) is 5.13. The maximum absolute atomic E-state index is 12.7. The van der Waals surface area contributed by atoms with E-state index in [2.05, 4.69) is 0 Å². The molecule has 20 heavy (non-hydrogen) atoms. The highest BCUT2D eigenvalue weighted by Gasteiger charge is 2.42. The van der Waals surface area contributed by atoms with Crippen molar-refractivity contribution in [1.29, 1.82) is 0 Å². The van der Waals surface area contributed by atoms with Crippen LogP contribution in [0.3, 0.4) is 0 Å². The van der Waals surface area contributed by atoms with Gasteiger partial charge in [0.05, 0.1) is 5.92 Å². The average Bonchev–Trinajstić information content (AvgIpc) is 2.37. The number of alkyl halides is 3. The summed E-state index contributed by atoms with van der Waals surface area (Å²) in [5.41, 5.74) is 0.898. The van der Waals surface area contributed by atoms with E-state index in [1.807, 2.05) is 0 Å². The summed E-state index contributed by atoms with van der Waals surface area (Å²) >= 11 is 0. The number of phenolic OH excluding ortho intramolecular Hbond substituents is 1. The zero-order valence-corrected chi connectivity index (χ0v) is 11.1. The van der Waals surface area contributed by atoms with Crippen LogP contribution in [0, 0.1) is 12.8 Å². The summed E-state index contributed by atoms with van der Waals surface area (Å²) in [6, 6.07) is 4.24. The molecule has 110 valence electrons. The number of aryl methyl sites for hydroxylation is 1. The summed E-state index contributed by atoms with van der Waals surface area (Å²) in [5.74, 6) is -1.82. The van der Waals surface area contributed by atoms with Gasteiger partial charge in [-0.3, -0.25) is 4.79 Å². The molecule has 0 aromatic heterocycles. The lowest BCUT2D eigenvalue weighted by molar-refractivity contribution is -0.184. The Morgan fingerprint density at radius 3 is 2.70 bits per heavy atom. The standard InChI is InChI=1S/C14H16F3NO2/c1-9-7-11(19)4-5-12(9)13(20)18-6-2-3-10(8-18)14(15,16)17/h4-5,7,10,19H,2-3,6,8H2,1H3. The molecule has 1 N–H and O–H groups in total. The largest absolute Gasteiger partial charge is 0.508 e. The summed E-state index contributed by atoms with van der Waals surface area (Å²) < 4.78 is 38.2.